The van der Waals surface area contributed by atoms with Crippen LogP contribution in [0.1, 0.15) is 13.8 Å². The number of nitrogens with zero attached hydrogens (tertiary/aromatic N) is 3. The van der Waals surface area contributed by atoms with Gasteiger partial charge in [0.05, 0.1) is 16.0 Å². The van der Waals surface area contributed by atoms with Crippen molar-refractivity contribution in [1.82, 2.24) is 14.8 Å². The SMILES string of the molecule is CCn1c(S[C@H](C)C(=O)Nc2ccc(F)cc2Cl)nnc1-c1ccccc1. The van der Waals surface area contributed by atoms with E-state index in [1.165, 1.54) is 23.9 Å². The molecule has 1 atom stereocenters. The van der Waals surface area contributed by atoms with Gasteiger partial charge in [-0.25, -0.2) is 4.39 Å². The van der Waals surface area contributed by atoms with Crippen LogP contribution in [0.3, 0.4) is 0 Å². The second kappa shape index (κ2) is 8.54. The number of thioether (sulfide) groups is 1. The zero-order chi connectivity index (χ0) is 19.4. The number of hydrogen-bond acceptors (Lipinski definition) is 4. The van der Waals surface area contributed by atoms with Gasteiger partial charge in [0.15, 0.2) is 11.0 Å². The second-order valence-corrected chi connectivity index (χ2v) is 7.51. The van der Waals surface area contributed by atoms with Gasteiger partial charge >= 0.3 is 0 Å². The van der Waals surface area contributed by atoms with Gasteiger partial charge in [-0.1, -0.05) is 53.7 Å². The number of rotatable bonds is 6. The van der Waals surface area contributed by atoms with Gasteiger partial charge < -0.3 is 9.88 Å². The molecule has 0 saturated heterocycles. The fraction of sp³-hybridized carbons (Fsp3) is 0.211. The van der Waals surface area contributed by atoms with Crippen LogP contribution in [-0.2, 0) is 11.3 Å². The van der Waals surface area contributed by atoms with E-state index in [4.69, 9.17) is 11.6 Å². The van der Waals surface area contributed by atoms with Gasteiger partial charge in [-0.3, -0.25) is 4.79 Å². The van der Waals surface area contributed by atoms with E-state index in [0.29, 0.717) is 17.4 Å². The molecule has 0 unspecified atom stereocenters. The van der Waals surface area contributed by atoms with Crippen molar-refractivity contribution in [3.63, 3.8) is 0 Å². The molecule has 8 heteroatoms. The summed E-state index contributed by atoms with van der Waals surface area (Å²) in [7, 11) is 0. The first-order chi connectivity index (χ1) is 13.0. The van der Waals surface area contributed by atoms with Crippen LogP contribution in [0.2, 0.25) is 5.02 Å². The molecule has 140 valence electrons. The van der Waals surface area contributed by atoms with E-state index in [9.17, 15) is 9.18 Å². The maximum absolute atomic E-state index is 13.1. The number of carbonyl (C=O) groups excluding carboxylic acids is 1. The molecule has 0 aliphatic carbocycles. The van der Waals surface area contributed by atoms with E-state index in [2.05, 4.69) is 15.5 Å². The van der Waals surface area contributed by atoms with Gasteiger partial charge in [0.2, 0.25) is 5.91 Å². The van der Waals surface area contributed by atoms with Crippen molar-refractivity contribution in [1.29, 1.82) is 0 Å². The van der Waals surface area contributed by atoms with Crippen LogP contribution in [-0.4, -0.2) is 25.9 Å². The predicted molar refractivity (Wildman–Crippen MR) is 106 cm³/mol. The molecular weight excluding hydrogens is 387 g/mol. The highest BCUT2D eigenvalue weighted by Crippen LogP contribution is 2.28. The van der Waals surface area contributed by atoms with E-state index in [0.717, 1.165) is 17.5 Å². The summed E-state index contributed by atoms with van der Waals surface area (Å²) in [6.45, 7) is 4.45. The number of carbonyl (C=O) groups is 1. The van der Waals surface area contributed by atoms with Gasteiger partial charge in [-0.2, -0.15) is 0 Å². The monoisotopic (exact) mass is 404 g/mol. The summed E-state index contributed by atoms with van der Waals surface area (Å²) in [6.07, 6.45) is 0. The Labute approximate surface area is 166 Å². The van der Waals surface area contributed by atoms with Crippen molar-refractivity contribution in [2.45, 2.75) is 30.8 Å². The minimum atomic E-state index is -0.454. The minimum Gasteiger partial charge on any atom is -0.324 e. The Balaban J connectivity index is 1.75. The quantitative estimate of drug-likeness (QED) is 0.595. The Morgan fingerprint density at radius 1 is 1.26 bits per heavy atom. The molecule has 3 rings (SSSR count). The van der Waals surface area contributed by atoms with Gasteiger partial charge in [-0.15, -0.1) is 10.2 Å². The summed E-state index contributed by atoms with van der Waals surface area (Å²) in [5.74, 6) is 0.0557. The molecule has 27 heavy (non-hydrogen) atoms. The Bertz CT molecular complexity index is 948. The van der Waals surface area contributed by atoms with Crippen molar-refractivity contribution in [3.8, 4) is 11.4 Å². The molecule has 1 amide bonds. The molecule has 0 saturated carbocycles. The van der Waals surface area contributed by atoms with Gasteiger partial charge in [0.1, 0.15) is 5.82 Å². The lowest BCUT2D eigenvalue weighted by molar-refractivity contribution is -0.115. The topological polar surface area (TPSA) is 59.8 Å². The summed E-state index contributed by atoms with van der Waals surface area (Å²) in [5.41, 5.74) is 1.34. The van der Waals surface area contributed by atoms with Crippen molar-refractivity contribution >= 4 is 35.0 Å². The number of nitrogens with one attached hydrogen (secondary N) is 1. The number of halogens is 2. The molecule has 5 nitrogen and oxygen atoms in total. The summed E-state index contributed by atoms with van der Waals surface area (Å²) in [6, 6.07) is 13.6. The average molecular weight is 405 g/mol. The zero-order valence-corrected chi connectivity index (χ0v) is 16.4. The number of hydrogen-bond donors (Lipinski definition) is 1. The van der Waals surface area contributed by atoms with E-state index in [-0.39, 0.29) is 10.9 Å². The predicted octanol–water partition coefficient (Wildman–Crippen LogP) is 4.88. The molecule has 0 aliphatic heterocycles. The molecule has 0 aliphatic rings. The molecule has 0 bridgehead atoms. The van der Waals surface area contributed by atoms with Crippen LogP contribution in [0.15, 0.2) is 53.7 Å². The highest BCUT2D eigenvalue weighted by molar-refractivity contribution is 8.00. The lowest BCUT2D eigenvalue weighted by Gasteiger charge is -2.13. The second-order valence-electron chi connectivity index (χ2n) is 5.79. The average Bonchev–Trinajstić information content (AvgIpc) is 3.07. The summed E-state index contributed by atoms with van der Waals surface area (Å²) in [5, 5.41) is 11.6. The molecular formula is C19H18ClFN4OS. The smallest absolute Gasteiger partial charge is 0.237 e. The maximum atomic E-state index is 13.1. The van der Waals surface area contributed by atoms with Crippen molar-refractivity contribution in [2.75, 3.05) is 5.32 Å². The standard InChI is InChI=1S/C19H18ClFN4OS/c1-3-25-17(13-7-5-4-6-8-13)23-24-19(25)27-12(2)18(26)22-16-10-9-14(21)11-15(16)20/h4-12H,3H2,1-2H3,(H,22,26)/t12-/m1/s1. The van der Waals surface area contributed by atoms with Gasteiger partial charge in [-0.05, 0) is 32.0 Å². The Morgan fingerprint density at radius 2 is 2.00 bits per heavy atom. The van der Waals surface area contributed by atoms with Crippen LogP contribution in [0.5, 0.6) is 0 Å². The van der Waals surface area contributed by atoms with Crippen LogP contribution in [0.25, 0.3) is 11.4 Å². The fourth-order valence-corrected chi connectivity index (χ4v) is 3.63. The van der Waals surface area contributed by atoms with E-state index in [1.54, 1.807) is 6.92 Å². The zero-order valence-electron chi connectivity index (χ0n) is 14.8. The van der Waals surface area contributed by atoms with Crippen LogP contribution >= 0.6 is 23.4 Å². The lowest BCUT2D eigenvalue weighted by atomic mass is 10.2. The third kappa shape index (κ3) is 4.48. The highest BCUT2D eigenvalue weighted by Gasteiger charge is 2.21. The fourth-order valence-electron chi connectivity index (χ4n) is 2.50. The summed E-state index contributed by atoms with van der Waals surface area (Å²) < 4.78 is 15.1. The van der Waals surface area contributed by atoms with E-state index in [1.807, 2.05) is 41.8 Å². The Kier molecular flexibility index (Phi) is 6.13. The summed E-state index contributed by atoms with van der Waals surface area (Å²) in [4.78, 5) is 12.5. The molecule has 3 aromatic rings. The van der Waals surface area contributed by atoms with Gasteiger partial charge in [0.25, 0.3) is 0 Å². The summed E-state index contributed by atoms with van der Waals surface area (Å²) >= 11 is 7.28. The first-order valence-electron chi connectivity index (χ1n) is 8.40. The third-order valence-electron chi connectivity index (χ3n) is 3.91. The van der Waals surface area contributed by atoms with E-state index < -0.39 is 11.1 Å². The molecule has 1 aromatic heterocycles. The minimum absolute atomic E-state index is 0.156. The maximum Gasteiger partial charge on any atom is 0.237 e. The first kappa shape index (κ1) is 19.4. The molecule has 0 fully saturated rings. The normalized spacial score (nSPS) is 12.0. The van der Waals surface area contributed by atoms with E-state index >= 15 is 0 Å². The van der Waals surface area contributed by atoms with Crippen molar-refractivity contribution < 1.29 is 9.18 Å². The van der Waals surface area contributed by atoms with Crippen molar-refractivity contribution in [2.24, 2.45) is 0 Å². The van der Waals surface area contributed by atoms with Crippen LogP contribution < -0.4 is 5.32 Å². The number of aromatic nitrogens is 3. The number of benzene rings is 2. The lowest BCUT2D eigenvalue weighted by Crippen LogP contribution is -2.23. The van der Waals surface area contributed by atoms with Crippen LogP contribution in [0, 0.1) is 5.82 Å². The van der Waals surface area contributed by atoms with Crippen LogP contribution in [0.4, 0.5) is 10.1 Å². The molecule has 2 aromatic carbocycles. The van der Waals surface area contributed by atoms with Crippen molar-refractivity contribution in [3.05, 3.63) is 59.4 Å². The third-order valence-corrected chi connectivity index (χ3v) is 5.30. The number of anilines is 1. The highest BCUT2D eigenvalue weighted by atomic mass is 35.5. The Hall–Kier alpha value is -2.38. The molecule has 1 N–H and O–H groups in total. The first-order valence-corrected chi connectivity index (χ1v) is 9.66. The molecule has 0 spiro atoms. The Morgan fingerprint density at radius 3 is 2.67 bits per heavy atom. The molecule has 0 radical (unpaired) electrons. The largest absolute Gasteiger partial charge is 0.324 e. The number of amides is 1. The van der Waals surface area contributed by atoms with Gasteiger partial charge in [0, 0.05) is 12.1 Å². The molecule has 1 heterocycles.